The number of benzene rings is 2. The monoisotopic (exact) mass is 374 g/mol. The number of carbonyl (C=O) groups is 1. The van der Waals surface area contributed by atoms with Crippen molar-refractivity contribution in [3.05, 3.63) is 70.3 Å². The molecule has 0 saturated carbocycles. The number of amides is 1. The predicted octanol–water partition coefficient (Wildman–Crippen LogP) is 5.26. The van der Waals surface area contributed by atoms with Crippen LogP contribution in [-0.2, 0) is 9.53 Å². The van der Waals surface area contributed by atoms with Gasteiger partial charge in [-0.1, -0.05) is 35.3 Å². The van der Waals surface area contributed by atoms with E-state index in [-0.39, 0.29) is 5.91 Å². The lowest BCUT2D eigenvalue weighted by Crippen LogP contribution is -2.24. The minimum Gasteiger partial charge on any atom is -0.364 e. The summed E-state index contributed by atoms with van der Waals surface area (Å²) < 4.78 is 5.62. The second-order valence-corrected chi connectivity index (χ2v) is 6.24. The van der Waals surface area contributed by atoms with Crippen molar-refractivity contribution in [2.24, 2.45) is 0 Å². The zero-order valence-electron chi connectivity index (χ0n) is 13.5. The Morgan fingerprint density at radius 2 is 2.04 bits per heavy atom. The standard InChI is InChI=1S/C19H16Cl2N2O2/c1-2-25-18(15-7-5-13(20)11-16(15)21)19(24)23-14-6-8-17-12(10-14)4-3-9-22-17/h3-11,18H,2H2,1H3,(H,23,24). The number of aromatic nitrogens is 1. The van der Waals surface area contributed by atoms with E-state index in [2.05, 4.69) is 10.3 Å². The van der Waals surface area contributed by atoms with Gasteiger partial charge in [-0.05, 0) is 43.3 Å². The largest absolute Gasteiger partial charge is 0.364 e. The van der Waals surface area contributed by atoms with Crippen LogP contribution in [-0.4, -0.2) is 17.5 Å². The molecule has 0 aliphatic heterocycles. The maximum atomic E-state index is 12.7. The Bertz CT molecular complexity index is 915. The first-order valence-corrected chi connectivity index (χ1v) is 8.56. The number of carbonyl (C=O) groups excluding carboxylic acids is 1. The molecule has 1 atom stereocenters. The van der Waals surface area contributed by atoms with E-state index in [1.165, 1.54) is 0 Å². The molecule has 1 N–H and O–H groups in total. The summed E-state index contributed by atoms with van der Waals surface area (Å²) in [5.74, 6) is -0.297. The molecule has 0 spiro atoms. The highest BCUT2D eigenvalue weighted by Gasteiger charge is 2.23. The summed E-state index contributed by atoms with van der Waals surface area (Å²) in [5, 5.41) is 4.72. The van der Waals surface area contributed by atoms with Crippen LogP contribution in [0.1, 0.15) is 18.6 Å². The number of pyridine rings is 1. The van der Waals surface area contributed by atoms with Gasteiger partial charge in [0.2, 0.25) is 0 Å². The molecule has 1 aromatic heterocycles. The van der Waals surface area contributed by atoms with Crippen molar-refractivity contribution in [3.8, 4) is 0 Å². The average Bonchev–Trinajstić information content (AvgIpc) is 2.60. The van der Waals surface area contributed by atoms with Gasteiger partial charge in [0.1, 0.15) is 0 Å². The van der Waals surface area contributed by atoms with Crippen LogP contribution in [0.4, 0.5) is 5.69 Å². The van der Waals surface area contributed by atoms with E-state index in [4.69, 9.17) is 27.9 Å². The number of fused-ring (bicyclic) bond motifs is 1. The highest BCUT2D eigenvalue weighted by Crippen LogP contribution is 2.29. The van der Waals surface area contributed by atoms with Crippen LogP contribution in [0.2, 0.25) is 10.0 Å². The fourth-order valence-electron chi connectivity index (χ4n) is 2.55. The Hall–Kier alpha value is -2.14. The van der Waals surface area contributed by atoms with Gasteiger partial charge in [-0.2, -0.15) is 0 Å². The third-order valence-corrected chi connectivity index (χ3v) is 4.25. The zero-order valence-corrected chi connectivity index (χ0v) is 15.0. The Balaban J connectivity index is 1.86. The fraction of sp³-hybridized carbons (Fsp3) is 0.158. The molecule has 25 heavy (non-hydrogen) atoms. The van der Waals surface area contributed by atoms with Crippen molar-refractivity contribution in [1.29, 1.82) is 0 Å². The SMILES string of the molecule is CCOC(C(=O)Nc1ccc2ncccc2c1)c1ccc(Cl)cc1Cl. The van der Waals surface area contributed by atoms with Crippen LogP contribution in [0.25, 0.3) is 10.9 Å². The van der Waals surface area contributed by atoms with E-state index in [9.17, 15) is 4.79 Å². The molecular weight excluding hydrogens is 359 g/mol. The minimum absolute atomic E-state index is 0.297. The van der Waals surface area contributed by atoms with Gasteiger partial charge < -0.3 is 10.1 Å². The first-order chi connectivity index (χ1) is 12.1. The molecule has 0 aliphatic carbocycles. The van der Waals surface area contributed by atoms with Crippen molar-refractivity contribution >= 4 is 45.7 Å². The van der Waals surface area contributed by atoms with Gasteiger partial charge in [-0.3, -0.25) is 9.78 Å². The number of halogens is 2. The van der Waals surface area contributed by atoms with Gasteiger partial charge in [-0.25, -0.2) is 0 Å². The molecule has 128 valence electrons. The summed E-state index contributed by atoms with van der Waals surface area (Å²) in [6.45, 7) is 2.20. The normalized spacial score (nSPS) is 12.1. The quantitative estimate of drug-likeness (QED) is 0.662. The van der Waals surface area contributed by atoms with Gasteiger partial charge in [0, 0.05) is 39.5 Å². The molecule has 3 aromatic rings. The van der Waals surface area contributed by atoms with Crippen LogP contribution in [0.15, 0.2) is 54.7 Å². The number of anilines is 1. The Kier molecular flexibility index (Phi) is 5.53. The third kappa shape index (κ3) is 4.10. The Labute approximate surface area is 155 Å². The number of nitrogens with zero attached hydrogens (tertiary/aromatic N) is 1. The van der Waals surface area contributed by atoms with E-state index < -0.39 is 6.10 Å². The molecule has 1 amide bonds. The van der Waals surface area contributed by atoms with Crippen LogP contribution in [0, 0.1) is 0 Å². The molecule has 1 heterocycles. The van der Waals surface area contributed by atoms with Crippen molar-refractivity contribution in [2.45, 2.75) is 13.0 Å². The van der Waals surface area contributed by atoms with Gasteiger partial charge in [0.05, 0.1) is 5.52 Å². The summed E-state index contributed by atoms with van der Waals surface area (Å²) >= 11 is 12.2. The van der Waals surface area contributed by atoms with E-state index >= 15 is 0 Å². The Morgan fingerprint density at radius 3 is 2.80 bits per heavy atom. The molecule has 1 unspecified atom stereocenters. The zero-order chi connectivity index (χ0) is 17.8. The second kappa shape index (κ2) is 7.83. The number of rotatable bonds is 5. The number of hydrogen-bond donors (Lipinski definition) is 1. The van der Waals surface area contributed by atoms with Crippen molar-refractivity contribution in [3.63, 3.8) is 0 Å². The summed E-state index contributed by atoms with van der Waals surface area (Å²) in [5.41, 5.74) is 2.11. The average molecular weight is 375 g/mol. The van der Waals surface area contributed by atoms with Gasteiger partial charge in [-0.15, -0.1) is 0 Å². The van der Waals surface area contributed by atoms with Crippen molar-refractivity contribution in [2.75, 3.05) is 11.9 Å². The smallest absolute Gasteiger partial charge is 0.258 e. The van der Waals surface area contributed by atoms with Crippen LogP contribution < -0.4 is 5.32 Å². The van der Waals surface area contributed by atoms with E-state index in [0.717, 1.165) is 10.9 Å². The first kappa shape index (κ1) is 17.7. The number of nitrogens with one attached hydrogen (secondary N) is 1. The molecule has 2 aromatic carbocycles. The minimum atomic E-state index is -0.820. The molecule has 6 heteroatoms. The summed E-state index contributed by atoms with van der Waals surface area (Å²) in [6.07, 6.45) is 0.910. The first-order valence-electron chi connectivity index (χ1n) is 7.80. The van der Waals surface area contributed by atoms with Crippen LogP contribution in [0.3, 0.4) is 0 Å². The molecule has 0 fully saturated rings. The maximum Gasteiger partial charge on any atom is 0.258 e. The van der Waals surface area contributed by atoms with E-state index in [0.29, 0.717) is 27.9 Å². The molecule has 0 aliphatic rings. The lowest BCUT2D eigenvalue weighted by Gasteiger charge is -2.18. The number of hydrogen-bond acceptors (Lipinski definition) is 3. The maximum absolute atomic E-state index is 12.7. The predicted molar refractivity (Wildman–Crippen MR) is 101 cm³/mol. The molecular formula is C19H16Cl2N2O2. The van der Waals surface area contributed by atoms with Crippen molar-refractivity contribution < 1.29 is 9.53 Å². The topological polar surface area (TPSA) is 51.2 Å². The highest BCUT2D eigenvalue weighted by atomic mass is 35.5. The van der Waals surface area contributed by atoms with E-state index in [1.54, 1.807) is 30.5 Å². The molecule has 4 nitrogen and oxygen atoms in total. The summed E-state index contributed by atoms with van der Waals surface area (Å²) in [6, 6.07) is 14.3. The second-order valence-electron chi connectivity index (χ2n) is 5.40. The Morgan fingerprint density at radius 1 is 1.20 bits per heavy atom. The van der Waals surface area contributed by atoms with E-state index in [1.807, 2.05) is 31.2 Å². The van der Waals surface area contributed by atoms with Crippen molar-refractivity contribution in [1.82, 2.24) is 4.98 Å². The third-order valence-electron chi connectivity index (χ3n) is 3.69. The van der Waals surface area contributed by atoms with Crippen LogP contribution >= 0.6 is 23.2 Å². The summed E-state index contributed by atoms with van der Waals surface area (Å²) in [7, 11) is 0. The van der Waals surface area contributed by atoms with Gasteiger partial charge >= 0.3 is 0 Å². The molecule has 0 radical (unpaired) electrons. The van der Waals surface area contributed by atoms with Gasteiger partial charge in [0.15, 0.2) is 6.10 Å². The van der Waals surface area contributed by atoms with Crippen LogP contribution in [0.5, 0.6) is 0 Å². The van der Waals surface area contributed by atoms with Gasteiger partial charge in [0.25, 0.3) is 5.91 Å². The summed E-state index contributed by atoms with van der Waals surface area (Å²) in [4.78, 5) is 17.0. The lowest BCUT2D eigenvalue weighted by atomic mass is 10.1. The molecule has 3 rings (SSSR count). The fourth-order valence-corrected chi connectivity index (χ4v) is 3.06. The lowest BCUT2D eigenvalue weighted by molar-refractivity contribution is -0.127. The molecule has 0 bridgehead atoms. The highest BCUT2D eigenvalue weighted by molar-refractivity contribution is 6.35. The molecule has 0 saturated heterocycles. The number of ether oxygens (including phenoxy) is 1.